The Bertz CT molecular complexity index is 336. The Hall–Kier alpha value is -0.660. The third-order valence-electron chi connectivity index (χ3n) is 2.29. The molecule has 1 aliphatic rings. The second kappa shape index (κ2) is 5.60. The van der Waals surface area contributed by atoms with Crippen LogP contribution >= 0.6 is 0 Å². The minimum atomic E-state index is -3.69. The van der Waals surface area contributed by atoms with Crippen LogP contribution in [0.1, 0.15) is 19.8 Å². The molecule has 2 N–H and O–H groups in total. The summed E-state index contributed by atoms with van der Waals surface area (Å²) in [6.07, 6.45) is 1.21. The maximum Gasteiger partial charge on any atom is 0.322 e. The van der Waals surface area contributed by atoms with Gasteiger partial charge in [-0.2, -0.15) is 0 Å². The van der Waals surface area contributed by atoms with Crippen LogP contribution in [0, 0.1) is 5.92 Å². The van der Waals surface area contributed by atoms with Gasteiger partial charge in [-0.1, -0.05) is 0 Å². The molecule has 0 heterocycles. The lowest BCUT2D eigenvalue weighted by Crippen LogP contribution is -2.36. The van der Waals surface area contributed by atoms with E-state index in [2.05, 4.69) is 9.46 Å². The summed E-state index contributed by atoms with van der Waals surface area (Å²) in [5, 5.41) is 9.45. The first-order valence-electron chi connectivity index (χ1n) is 5.25. The predicted octanol–water partition coefficient (Wildman–Crippen LogP) is -0.760. The van der Waals surface area contributed by atoms with Crippen LogP contribution < -0.4 is 4.72 Å². The molecule has 0 aromatic carbocycles. The van der Waals surface area contributed by atoms with Gasteiger partial charge in [0.15, 0.2) is 5.75 Å². The molecule has 6 nitrogen and oxygen atoms in total. The zero-order valence-electron chi connectivity index (χ0n) is 9.18. The molecule has 0 amide bonds. The van der Waals surface area contributed by atoms with E-state index in [4.69, 9.17) is 0 Å². The van der Waals surface area contributed by atoms with Gasteiger partial charge < -0.3 is 9.84 Å². The lowest BCUT2D eigenvalue weighted by Gasteiger charge is -2.10. The van der Waals surface area contributed by atoms with Crippen LogP contribution in [0.2, 0.25) is 0 Å². The summed E-state index contributed by atoms with van der Waals surface area (Å²) in [7, 11) is -3.69. The highest BCUT2D eigenvalue weighted by atomic mass is 32.2. The summed E-state index contributed by atoms with van der Waals surface area (Å²) in [6, 6.07) is 0. The van der Waals surface area contributed by atoms with Crippen LogP contribution in [-0.2, 0) is 19.6 Å². The molecule has 1 fully saturated rings. The van der Waals surface area contributed by atoms with Crippen molar-refractivity contribution >= 4 is 16.0 Å². The van der Waals surface area contributed by atoms with Gasteiger partial charge in [0.1, 0.15) is 0 Å². The Kier molecular flexibility index (Phi) is 4.69. The van der Waals surface area contributed by atoms with Crippen molar-refractivity contribution in [3.8, 4) is 0 Å². The van der Waals surface area contributed by atoms with Gasteiger partial charge in [-0.15, -0.1) is 0 Å². The standard InChI is InChI=1S/C9H17NO5S/c1-2-15-9(12)6-16(13,14)10-5-8(11)7-3-4-7/h7-8,10-11H,2-6H2,1H3. The largest absolute Gasteiger partial charge is 0.465 e. The molecule has 1 unspecified atom stereocenters. The maximum absolute atomic E-state index is 11.3. The molecule has 0 spiro atoms. The highest BCUT2D eigenvalue weighted by Crippen LogP contribution is 2.32. The number of aliphatic hydroxyl groups is 1. The number of hydrogen-bond acceptors (Lipinski definition) is 5. The molecule has 1 saturated carbocycles. The van der Waals surface area contributed by atoms with Crippen LogP contribution in [0.5, 0.6) is 0 Å². The number of hydrogen-bond donors (Lipinski definition) is 2. The summed E-state index contributed by atoms with van der Waals surface area (Å²) >= 11 is 0. The number of rotatable bonds is 7. The molecule has 1 atom stereocenters. The average molecular weight is 251 g/mol. The third-order valence-corrected chi connectivity index (χ3v) is 3.51. The number of carbonyl (C=O) groups excluding carboxylic acids is 1. The molecule has 0 aromatic rings. The van der Waals surface area contributed by atoms with Gasteiger partial charge in [-0.05, 0) is 25.7 Å². The fraction of sp³-hybridized carbons (Fsp3) is 0.889. The zero-order chi connectivity index (χ0) is 12.2. The number of esters is 1. The molecular weight excluding hydrogens is 234 g/mol. The zero-order valence-corrected chi connectivity index (χ0v) is 10.00. The van der Waals surface area contributed by atoms with Crippen molar-refractivity contribution in [2.45, 2.75) is 25.9 Å². The number of nitrogens with one attached hydrogen (secondary N) is 1. The third kappa shape index (κ3) is 4.91. The van der Waals surface area contributed by atoms with E-state index in [0.29, 0.717) is 0 Å². The van der Waals surface area contributed by atoms with E-state index in [1.807, 2.05) is 0 Å². The van der Waals surface area contributed by atoms with E-state index in [-0.39, 0.29) is 19.1 Å². The quantitative estimate of drug-likeness (QED) is 0.580. The van der Waals surface area contributed by atoms with Gasteiger partial charge in [0.05, 0.1) is 12.7 Å². The molecule has 16 heavy (non-hydrogen) atoms. The van der Waals surface area contributed by atoms with Crippen LogP contribution in [0.15, 0.2) is 0 Å². The number of ether oxygens (including phenoxy) is 1. The van der Waals surface area contributed by atoms with E-state index in [9.17, 15) is 18.3 Å². The Balaban J connectivity index is 2.30. The van der Waals surface area contributed by atoms with E-state index in [0.717, 1.165) is 12.8 Å². The normalized spacial score (nSPS) is 18.1. The number of sulfonamides is 1. The van der Waals surface area contributed by atoms with Gasteiger partial charge in [0, 0.05) is 6.54 Å². The fourth-order valence-electron chi connectivity index (χ4n) is 1.27. The SMILES string of the molecule is CCOC(=O)CS(=O)(=O)NCC(O)C1CC1. The Morgan fingerprint density at radius 3 is 2.69 bits per heavy atom. The van der Waals surface area contributed by atoms with Gasteiger partial charge in [-0.3, -0.25) is 4.79 Å². The van der Waals surface area contributed by atoms with Crippen molar-refractivity contribution in [3.05, 3.63) is 0 Å². The van der Waals surface area contributed by atoms with Crippen molar-refractivity contribution < 1.29 is 23.1 Å². The summed E-state index contributed by atoms with van der Waals surface area (Å²) in [4.78, 5) is 10.9. The van der Waals surface area contributed by atoms with Crippen molar-refractivity contribution in [2.75, 3.05) is 18.9 Å². The van der Waals surface area contributed by atoms with E-state index >= 15 is 0 Å². The number of carbonyl (C=O) groups is 1. The molecule has 0 saturated heterocycles. The molecule has 1 rings (SSSR count). The lowest BCUT2D eigenvalue weighted by molar-refractivity contribution is -0.139. The highest BCUT2D eigenvalue weighted by molar-refractivity contribution is 7.90. The Morgan fingerprint density at radius 2 is 2.19 bits per heavy atom. The van der Waals surface area contributed by atoms with E-state index in [1.54, 1.807) is 6.92 Å². The fourth-order valence-corrected chi connectivity index (χ4v) is 2.19. The molecule has 1 aliphatic carbocycles. The second-order valence-electron chi connectivity index (χ2n) is 3.82. The lowest BCUT2D eigenvalue weighted by atomic mass is 10.2. The van der Waals surface area contributed by atoms with Crippen molar-refractivity contribution in [1.29, 1.82) is 0 Å². The molecule has 0 aromatic heterocycles. The Labute approximate surface area is 95.0 Å². The van der Waals surface area contributed by atoms with E-state index in [1.165, 1.54) is 0 Å². The van der Waals surface area contributed by atoms with Gasteiger partial charge >= 0.3 is 5.97 Å². The maximum atomic E-state index is 11.3. The topological polar surface area (TPSA) is 92.7 Å². The van der Waals surface area contributed by atoms with Crippen LogP contribution in [0.25, 0.3) is 0 Å². The average Bonchev–Trinajstić information content (AvgIpc) is 2.96. The first-order valence-corrected chi connectivity index (χ1v) is 6.91. The smallest absolute Gasteiger partial charge is 0.322 e. The van der Waals surface area contributed by atoms with Gasteiger partial charge in [0.25, 0.3) is 0 Å². The summed E-state index contributed by atoms with van der Waals surface area (Å²) in [6.45, 7) is 1.72. The number of aliphatic hydroxyl groups excluding tert-OH is 1. The summed E-state index contributed by atoms with van der Waals surface area (Å²) < 4.78 is 29.4. The summed E-state index contributed by atoms with van der Waals surface area (Å²) in [5.74, 6) is -1.28. The minimum Gasteiger partial charge on any atom is -0.465 e. The second-order valence-corrected chi connectivity index (χ2v) is 5.62. The van der Waals surface area contributed by atoms with Crippen LogP contribution in [-0.4, -0.2) is 44.5 Å². The van der Waals surface area contributed by atoms with Crippen molar-refractivity contribution in [1.82, 2.24) is 4.72 Å². The van der Waals surface area contributed by atoms with E-state index < -0.39 is 27.8 Å². The van der Waals surface area contributed by atoms with Crippen molar-refractivity contribution in [2.24, 2.45) is 5.92 Å². The molecule has 7 heteroatoms. The monoisotopic (exact) mass is 251 g/mol. The molecule has 0 radical (unpaired) electrons. The molecular formula is C9H17NO5S. The first kappa shape index (κ1) is 13.4. The minimum absolute atomic E-state index is 0.0353. The first-order chi connectivity index (χ1) is 7.44. The molecule has 0 aliphatic heterocycles. The highest BCUT2D eigenvalue weighted by Gasteiger charge is 2.30. The summed E-state index contributed by atoms with van der Waals surface area (Å²) in [5.41, 5.74) is 0. The molecule has 0 bridgehead atoms. The van der Waals surface area contributed by atoms with Crippen molar-refractivity contribution in [3.63, 3.8) is 0 Å². The molecule has 94 valence electrons. The van der Waals surface area contributed by atoms with Gasteiger partial charge in [-0.25, -0.2) is 13.1 Å². The predicted molar refractivity (Wildman–Crippen MR) is 57.2 cm³/mol. The Morgan fingerprint density at radius 1 is 1.56 bits per heavy atom. The van der Waals surface area contributed by atoms with Crippen LogP contribution in [0.4, 0.5) is 0 Å². The van der Waals surface area contributed by atoms with Crippen LogP contribution in [0.3, 0.4) is 0 Å². The van der Waals surface area contributed by atoms with Gasteiger partial charge in [0.2, 0.25) is 10.0 Å².